The van der Waals surface area contributed by atoms with Crippen molar-refractivity contribution in [3.63, 3.8) is 0 Å². The largest absolute Gasteiger partial charge is 0.494 e. The van der Waals surface area contributed by atoms with Crippen LogP contribution in [-0.4, -0.2) is 13.2 Å². The first-order chi connectivity index (χ1) is 12.2. The number of rotatable bonds is 7. The maximum absolute atomic E-state index is 12.8. The lowest BCUT2D eigenvalue weighted by Gasteiger charge is -2.08. The van der Waals surface area contributed by atoms with Crippen molar-refractivity contribution in [3.05, 3.63) is 59.0 Å². The van der Waals surface area contributed by atoms with E-state index in [1.807, 2.05) is 31.2 Å². The molecule has 0 aliphatic heterocycles. The zero-order valence-electron chi connectivity index (χ0n) is 14.6. The Bertz CT molecular complexity index is 894. The summed E-state index contributed by atoms with van der Waals surface area (Å²) in [4.78, 5) is 12.8. The maximum atomic E-state index is 12.8. The maximum Gasteiger partial charge on any atom is 0.200 e. The zero-order valence-corrected chi connectivity index (χ0v) is 14.6. The zero-order chi connectivity index (χ0) is 17.6. The van der Waals surface area contributed by atoms with E-state index in [0.29, 0.717) is 35.5 Å². The molecule has 1 heterocycles. The molecule has 0 atom stereocenters. The molecular formula is C21H22O4. The predicted molar refractivity (Wildman–Crippen MR) is 99.5 cm³/mol. The SMILES string of the molecule is CCCOc1ccc(-c2coc3cc(OCCC)ccc3c2=O)cc1. The molecule has 0 saturated carbocycles. The molecule has 1 aromatic heterocycles. The van der Waals surface area contributed by atoms with Crippen LogP contribution in [0.15, 0.2) is 57.9 Å². The molecule has 4 nitrogen and oxygen atoms in total. The third kappa shape index (κ3) is 3.85. The molecule has 0 radical (unpaired) electrons. The molecule has 0 fully saturated rings. The van der Waals surface area contributed by atoms with Gasteiger partial charge in [-0.3, -0.25) is 4.79 Å². The standard InChI is InChI=1S/C21H22O4/c1-3-11-23-16-7-5-15(6-8-16)19-14-25-20-13-17(24-12-4-2)9-10-18(20)21(19)22/h5-10,13-14H,3-4,11-12H2,1-2H3. The highest BCUT2D eigenvalue weighted by molar-refractivity contribution is 5.82. The highest BCUT2D eigenvalue weighted by Gasteiger charge is 2.10. The van der Waals surface area contributed by atoms with Gasteiger partial charge < -0.3 is 13.9 Å². The normalized spacial score (nSPS) is 10.8. The minimum absolute atomic E-state index is 0.0504. The van der Waals surface area contributed by atoms with Gasteiger partial charge in [0.25, 0.3) is 0 Å². The quantitative estimate of drug-likeness (QED) is 0.606. The highest BCUT2D eigenvalue weighted by atomic mass is 16.5. The summed E-state index contributed by atoms with van der Waals surface area (Å²) in [5.41, 5.74) is 1.83. The summed E-state index contributed by atoms with van der Waals surface area (Å²) in [5, 5.41) is 0.549. The van der Waals surface area contributed by atoms with E-state index in [1.165, 1.54) is 6.26 Å². The monoisotopic (exact) mass is 338 g/mol. The van der Waals surface area contributed by atoms with Gasteiger partial charge in [-0.15, -0.1) is 0 Å². The average molecular weight is 338 g/mol. The topological polar surface area (TPSA) is 48.7 Å². The summed E-state index contributed by atoms with van der Waals surface area (Å²) in [5.74, 6) is 1.51. The van der Waals surface area contributed by atoms with E-state index < -0.39 is 0 Å². The molecule has 25 heavy (non-hydrogen) atoms. The molecule has 3 rings (SSSR count). The summed E-state index contributed by atoms with van der Waals surface area (Å²) in [6.07, 6.45) is 3.40. The van der Waals surface area contributed by atoms with Crippen LogP contribution in [0.3, 0.4) is 0 Å². The summed E-state index contributed by atoms with van der Waals surface area (Å²) in [7, 11) is 0. The number of hydrogen-bond acceptors (Lipinski definition) is 4. The third-order valence-electron chi connectivity index (χ3n) is 3.86. The lowest BCUT2D eigenvalue weighted by atomic mass is 10.1. The summed E-state index contributed by atoms with van der Waals surface area (Å²) >= 11 is 0. The molecular weight excluding hydrogens is 316 g/mol. The second kappa shape index (κ2) is 7.88. The summed E-state index contributed by atoms with van der Waals surface area (Å²) in [6.45, 7) is 5.43. The second-order valence-corrected chi connectivity index (χ2v) is 5.86. The van der Waals surface area contributed by atoms with Gasteiger partial charge in [0.1, 0.15) is 23.3 Å². The van der Waals surface area contributed by atoms with E-state index in [9.17, 15) is 4.79 Å². The Morgan fingerprint density at radius 3 is 2.20 bits per heavy atom. The fourth-order valence-corrected chi connectivity index (χ4v) is 2.57. The Morgan fingerprint density at radius 1 is 0.880 bits per heavy atom. The van der Waals surface area contributed by atoms with Crippen LogP contribution in [-0.2, 0) is 0 Å². The van der Waals surface area contributed by atoms with E-state index in [1.54, 1.807) is 18.2 Å². The van der Waals surface area contributed by atoms with Crippen molar-refractivity contribution in [2.75, 3.05) is 13.2 Å². The molecule has 0 aliphatic carbocycles. The fourth-order valence-electron chi connectivity index (χ4n) is 2.57. The third-order valence-corrected chi connectivity index (χ3v) is 3.86. The van der Waals surface area contributed by atoms with Crippen molar-refractivity contribution in [1.29, 1.82) is 0 Å². The second-order valence-electron chi connectivity index (χ2n) is 5.86. The molecule has 0 aliphatic rings. The van der Waals surface area contributed by atoms with E-state index >= 15 is 0 Å². The van der Waals surface area contributed by atoms with Crippen molar-refractivity contribution in [1.82, 2.24) is 0 Å². The number of hydrogen-bond donors (Lipinski definition) is 0. The van der Waals surface area contributed by atoms with Gasteiger partial charge in [0.2, 0.25) is 0 Å². The van der Waals surface area contributed by atoms with Gasteiger partial charge in [-0.1, -0.05) is 26.0 Å². The first-order valence-corrected chi connectivity index (χ1v) is 8.64. The number of ether oxygens (including phenoxy) is 2. The first kappa shape index (κ1) is 17.1. The Labute approximate surface area is 147 Å². The summed E-state index contributed by atoms with van der Waals surface area (Å²) in [6, 6.07) is 12.8. The highest BCUT2D eigenvalue weighted by Crippen LogP contribution is 2.24. The van der Waals surface area contributed by atoms with Gasteiger partial charge in [-0.2, -0.15) is 0 Å². The molecule has 2 aromatic carbocycles. The first-order valence-electron chi connectivity index (χ1n) is 8.64. The van der Waals surface area contributed by atoms with Crippen molar-refractivity contribution in [3.8, 4) is 22.6 Å². The molecule has 0 N–H and O–H groups in total. The Morgan fingerprint density at radius 2 is 1.52 bits per heavy atom. The molecule has 4 heteroatoms. The summed E-state index contributed by atoms with van der Waals surface area (Å²) < 4.78 is 16.8. The van der Waals surface area contributed by atoms with E-state index in [2.05, 4.69) is 6.92 Å². The van der Waals surface area contributed by atoms with Crippen LogP contribution in [0.25, 0.3) is 22.1 Å². The number of benzene rings is 2. The van der Waals surface area contributed by atoms with Gasteiger partial charge in [-0.05, 0) is 42.7 Å². The lowest BCUT2D eigenvalue weighted by Crippen LogP contribution is -2.05. The molecule has 0 amide bonds. The molecule has 0 saturated heterocycles. The minimum Gasteiger partial charge on any atom is -0.494 e. The Kier molecular flexibility index (Phi) is 5.39. The smallest absolute Gasteiger partial charge is 0.200 e. The van der Waals surface area contributed by atoms with Crippen LogP contribution >= 0.6 is 0 Å². The van der Waals surface area contributed by atoms with Gasteiger partial charge in [0.05, 0.1) is 24.2 Å². The van der Waals surface area contributed by atoms with Crippen LogP contribution in [0, 0.1) is 0 Å². The average Bonchev–Trinajstić information content (AvgIpc) is 2.65. The molecule has 130 valence electrons. The van der Waals surface area contributed by atoms with E-state index in [4.69, 9.17) is 13.9 Å². The van der Waals surface area contributed by atoms with Crippen LogP contribution in [0.5, 0.6) is 11.5 Å². The molecule has 0 unspecified atom stereocenters. The molecule has 3 aromatic rings. The van der Waals surface area contributed by atoms with Gasteiger partial charge in [-0.25, -0.2) is 0 Å². The molecule has 0 bridgehead atoms. The predicted octanol–water partition coefficient (Wildman–Crippen LogP) is 5.04. The van der Waals surface area contributed by atoms with E-state index in [-0.39, 0.29) is 5.43 Å². The minimum atomic E-state index is -0.0504. The van der Waals surface area contributed by atoms with Crippen molar-refractivity contribution in [2.45, 2.75) is 26.7 Å². The van der Waals surface area contributed by atoms with Crippen molar-refractivity contribution in [2.24, 2.45) is 0 Å². The Balaban J connectivity index is 1.92. The van der Waals surface area contributed by atoms with Gasteiger partial charge in [0, 0.05) is 6.07 Å². The van der Waals surface area contributed by atoms with Crippen molar-refractivity contribution >= 4 is 11.0 Å². The van der Waals surface area contributed by atoms with E-state index in [0.717, 1.165) is 24.2 Å². The fraction of sp³-hybridized carbons (Fsp3) is 0.286. The van der Waals surface area contributed by atoms with Crippen LogP contribution in [0.4, 0.5) is 0 Å². The number of fused-ring (bicyclic) bond motifs is 1. The van der Waals surface area contributed by atoms with Crippen LogP contribution < -0.4 is 14.9 Å². The molecule has 0 spiro atoms. The Hall–Kier alpha value is -2.75. The lowest BCUT2D eigenvalue weighted by molar-refractivity contribution is 0.317. The van der Waals surface area contributed by atoms with Crippen molar-refractivity contribution < 1.29 is 13.9 Å². The van der Waals surface area contributed by atoms with Gasteiger partial charge >= 0.3 is 0 Å². The van der Waals surface area contributed by atoms with Crippen LogP contribution in [0.2, 0.25) is 0 Å². The van der Waals surface area contributed by atoms with Crippen LogP contribution in [0.1, 0.15) is 26.7 Å². The van der Waals surface area contributed by atoms with Gasteiger partial charge in [0.15, 0.2) is 5.43 Å².